The quantitative estimate of drug-likeness (QED) is 0.888. The number of imidazole rings is 1. The Morgan fingerprint density at radius 1 is 1.22 bits per heavy atom. The first-order valence-electron chi connectivity index (χ1n) is 6.26. The molecule has 18 heavy (non-hydrogen) atoms. The maximum atomic E-state index is 4.28. The molecule has 0 bridgehead atoms. The Kier molecular flexibility index (Phi) is 2.80. The number of nitrogens with one attached hydrogen (secondary N) is 1. The van der Waals surface area contributed by atoms with Gasteiger partial charge < -0.3 is 14.8 Å². The normalized spacial score (nSPS) is 15.4. The van der Waals surface area contributed by atoms with Gasteiger partial charge in [-0.15, -0.1) is 0 Å². The average molecular weight is 242 g/mol. The van der Waals surface area contributed by atoms with Crippen molar-refractivity contribution in [2.45, 2.75) is 5.92 Å². The van der Waals surface area contributed by atoms with E-state index < -0.39 is 0 Å². The highest BCUT2D eigenvalue weighted by Gasteiger charge is 2.22. The Bertz CT molecular complexity index is 523. The molecule has 0 atom stereocenters. The molecule has 3 rings (SSSR count). The van der Waals surface area contributed by atoms with Crippen LogP contribution in [-0.2, 0) is 0 Å². The summed E-state index contributed by atoms with van der Waals surface area (Å²) in [6, 6.07) is 8.56. The van der Waals surface area contributed by atoms with Crippen LogP contribution in [0.5, 0.6) is 0 Å². The van der Waals surface area contributed by atoms with Gasteiger partial charge in [0.05, 0.1) is 6.33 Å². The Morgan fingerprint density at radius 2 is 1.94 bits per heavy atom. The van der Waals surface area contributed by atoms with E-state index in [4.69, 9.17) is 0 Å². The van der Waals surface area contributed by atoms with Gasteiger partial charge in [-0.1, -0.05) is 0 Å². The molecular formula is C14H18N4. The summed E-state index contributed by atoms with van der Waals surface area (Å²) in [6.07, 6.45) is 3.88. The molecule has 0 unspecified atom stereocenters. The predicted molar refractivity (Wildman–Crippen MR) is 73.5 cm³/mol. The van der Waals surface area contributed by atoms with E-state index in [0.717, 1.165) is 13.1 Å². The Morgan fingerprint density at radius 3 is 2.50 bits per heavy atom. The molecule has 1 aromatic carbocycles. The fourth-order valence-electron chi connectivity index (χ4n) is 2.23. The molecule has 0 saturated carbocycles. The number of benzene rings is 1. The van der Waals surface area contributed by atoms with E-state index in [2.05, 4.69) is 58.1 Å². The summed E-state index contributed by atoms with van der Waals surface area (Å²) in [5.74, 6) is 0.598. The molecule has 0 amide bonds. The smallest absolute Gasteiger partial charge is 0.0994 e. The van der Waals surface area contributed by atoms with Crippen molar-refractivity contribution in [2.75, 3.05) is 32.1 Å². The minimum Gasteiger partial charge on any atom is -0.378 e. The van der Waals surface area contributed by atoms with E-state index in [0.29, 0.717) is 5.92 Å². The van der Waals surface area contributed by atoms with Crippen molar-refractivity contribution in [1.29, 1.82) is 0 Å². The molecular weight excluding hydrogens is 224 g/mol. The van der Waals surface area contributed by atoms with Crippen molar-refractivity contribution in [3.8, 4) is 5.69 Å². The Hall–Kier alpha value is -1.81. The molecule has 0 spiro atoms. The van der Waals surface area contributed by atoms with Gasteiger partial charge >= 0.3 is 0 Å². The minimum absolute atomic E-state index is 0.598. The first-order valence-corrected chi connectivity index (χ1v) is 6.26. The second kappa shape index (κ2) is 4.46. The summed E-state index contributed by atoms with van der Waals surface area (Å²) < 4.78 is 2.19. The van der Waals surface area contributed by atoms with Crippen LogP contribution in [0.2, 0.25) is 0 Å². The third-order valence-electron chi connectivity index (χ3n) is 3.51. The highest BCUT2D eigenvalue weighted by Crippen LogP contribution is 2.23. The van der Waals surface area contributed by atoms with E-state index >= 15 is 0 Å². The Balaban J connectivity index is 1.92. The molecule has 1 fully saturated rings. The van der Waals surface area contributed by atoms with Crippen molar-refractivity contribution in [3.05, 3.63) is 42.5 Å². The van der Waals surface area contributed by atoms with Crippen LogP contribution in [0.1, 0.15) is 11.6 Å². The second-order valence-corrected chi connectivity index (χ2v) is 4.95. The van der Waals surface area contributed by atoms with Gasteiger partial charge in [-0.05, 0) is 24.3 Å². The van der Waals surface area contributed by atoms with Gasteiger partial charge in [0.25, 0.3) is 0 Å². The summed E-state index contributed by atoms with van der Waals surface area (Å²) >= 11 is 0. The van der Waals surface area contributed by atoms with Crippen LogP contribution in [0.3, 0.4) is 0 Å². The van der Waals surface area contributed by atoms with Gasteiger partial charge in [0.1, 0.15) is 0 Å². The highest BCUT2D eigenvalue weighted by molar-refractivity contribution is 5.50. The number of rotatable bonds is 3. The fourth-order valence-corrected chi connectivity index (χ4v) is 2.23. The monoisotopic (exact) mass is 242 g/mol. The number of aromatic nitrogens is 2. The number of anilines is 1. The van der Waals surface area contributed by atoms with Crippen LogP contribution in [0.25, 0.3) is 5.69 Å². The second-order valence-electron chi connectivity index (χ2n) is 4.95. The first-order chi connectivity index (χ1) is 8.75. The molecule has 4 heteroatoms. The summed E-state index contributed by atoms with van der Waals surface area (Å²) in [5, 5.41) is 3.30. The highest BCUT2D eigenvalue weighted by atomic mass is 15.1. The summed E-state index contributed by atoms with van der Waals surface area (Å²) in [6.45, 7) is 2.11. The van der Waals surface area contributed by atoms with Gasteiger partial charge in [0.15, 0.2) is 0 Å². The van der Waals surface area contributed by atoms with Crippen molar-refractivity contribution < 1.29 is 0 Å². The lowest BCUT2D eigenvalue weighted by Gasteiger charge is -2.27. The molecule has 0 radical (unpaired) electrons. The van der Waals surface area contributed by atoms with E-state index in [1.807, 2.05) is 12.5 Å². The van der Waals surface area contributed by atoms with Crippen LogP contribution in [0, 0.1) is 0 Å². The summed E-state index contributed by atoms with van der Waals surface area (Å²) in [4.78, 5) is 6.39. The van der Waals surface area contributed by atoms with E-state index in [1.165, 1.54) is 17.1 Å². The maximum Gasteiger partial charge on any atom is 0.0994 e. The minimum atomic E-state index is 0.598. The van der Waals surface area contributed by atoms with Crippen LogP contribution in [0.15, 0.2) is 36.8 Å². The maximum absolute atomic E-state index is 4.28. The zero-order valence-electron chi connectivity index (χ0n) is 10.8. The third-order valence-corrected chi connectivity index (χ3v) is 3.51. The van der Waals surface area contributed by atoms with Crippen molar-refractivity contribution >= 4 is 5.69 Å². The zero-order chi connectivity index (χ0) is 12.5. The number of hydrogen-bond acceptors (Lipinski definition) is 3. The molecule has 4 nitrogen and oxygen atoms in total. The molecule has 1 aliphatic heterocycles. The third kappa shape index (κ3) is 1.88. The molecule has 2 aromatic rings. The molecule has 2 heterocycles. The standard InChI is InChI=1S/C14H18N4/c1-17(2)12-3-5-13(6-4-12)18-10-16-9-14(18)11-7-15-8-11/h3-6,9-11,15H,7-8H2,1-2H3. The first kappa shape index (κ1) is 11.3. The largest absolute Gasteiger partial charge is 0.378 e. The lowest BCUT2D eigenvalue weighted by Crippen LogP contribution is -2.40. The Labute approximate surface area is 107 Å². The van der Waals surface area contributed by atoms with Gasteiger partial charge in [-0.3, -0.25) is 0 Å². The molecule has 1 saturated heterocycles. The van der Waals surface area contributed by atoms with Gasteiger partial charge in [0.2, 0.25) is 0 Å². The SMILES string of the molecule is CN(C)c1ccc(-n2cncc2C2CNC2)cc1. The van der Waals surface area contributed by atoms with Gasteiger partial charge in [0, 0.05) is 56.4 Å². The van der Waals surface area contributed by atoms with Crippen LogP contribution < -0.4 is 10.2 Å². The molecule has 1 aliphatic rings. The average Bonchev–Trinajstić information content (AvgIpc) is 2.76. The topological polar surface area (TPSA) is 33.1 Å². The molecule has 94 valence electrons. The lowest BCUT2D eigenvalue weighted by molar-refractivity contribution is 0.435. The van der Waals surface area contributed by atoms with E-state index in [-0.39, 0.29) is 0 Å². The van der Waals surface area contributed by atoms with Crippen LogP contribution >= 0.6 is 0 Å². The van der Waals surface area contributed by atoms with Crippen molar-refractivity contribution in [3.63, 3.8) is 0 Å². The molecule has 1 N–H and O–H groups in total. The van der Waals surface area contributed by atoms with Crippen molar-refractivity contribution in [1.82, 2.24) is 14.9 Å². The lowest BCUT2D eigenvalue weighted by atomic mass is 10.00. The number of hydrogen-bond donors (Lipinski definition) is 1. The predicted octanol–water partition coefficient (Wildman–Crippen LogP) is 1.63. The molecule has 1 aromatic heterocycles. The number of nitrogens with zero attached hydrogens (tertiary/aromatic N) is 3. The zero-order valence-corrected chi connectivity index (χ0v) is 10.8. The van der Waals surface area contributed by atoms with E-state index in [9.17, 15) is 0 Å². The summed E-state index contributed by atoms with van der Waals surface area (Å²) in [7, 11) is 4.11. The van der Waals surface area contributed by atoms with Gasteiger partial charge in [-0.25, -0.2) is 4.98 Å². The van der Waals surface area contributed by atoms with Crippen molar-refractivity contribution in [2.24, 2.45) is 0 Å². The fraction of sp³-hybridized carbons (Fsp3) is 0.357. The molecule has 0 aliphatic carbocycles. The van der Waals surface area contributed by atoms with Crippen LogP contribution in [0.4, 0.5) is 5.69 Å². The summed E-state index contributed by atoms with van der Waals surface area (Å²) in [5.41, 5.74) is 3.69. The van der Waals surface area contributed by atoms with Gasteiger partial charge in [-0.2, -0.15) is 0 Å². The van der Waals surface area contributed by atoms with E-state index in [1.54, 1.807) is 0 Å². The van der Waals surface area contributed by atoms with Crippen LogP contribution in [-0.4, -0.2) is 36.7 Å².